The van der Waals surface area contributed by atoms with Crippen LogP contribution in [0.15, 0.2) is 27.7 Å². The molecule has 2 nitrogen and oxygen atoms in total. The minimum absolute atomic E-state index is 0.160. The predicted molar refractivity (Wildman–Crippen MR) is 60.7 cm³/mol. The van der Waals surface area contributed by atoms with E-state index in [0.717, 1.165) is 19.3 Å². The quantitative estimate of drug-likeness (QED) is 0.566. The number of halogens is 1. The lowest BCUT2D eigenvalue weighted by Crippen LogP contribution is -2.07. The first kappa shape index (κ1) is 9.32. The zero-order chi connectivity index (χ0) is 10.5. The minimum atomic E-state index is 0.160. The van der Waals surface area contributed by atoms with Gasteiger partial charge < -0.3 is 0 Å². The highest BCUT2D eigenvalue weighted by molar-refractivity contribution is 9.10. The average Bonchev–Trinajstić information content (AvgIpc) is 2.74. The third-order valence-electron chi connectivity index (χ3n) is 3.68. The number of aliphatic imine (C=N–C) groups is 1. The number of isocyanates is 1. The van der Waals surface area contributed by atoms with Gasteiger partial charge in [0.2, 0.25) is 6.08 Å². The zero-order valence-corrected chi connectivity index (χ0v) is 9.75. The Morgan fingerprint density at radius 3 is 3.20 bits per heavy atom. The molecule has 0 radical (unpaired) electrons. The second-order valence-corrected chi connectivity index (χ2v) is 5.22. The topological polar surface area (TPSA) is 29.4 Å². The van der Waals surface area contributed by atoms with Crippen molar-refractivity contribution in [2.45, 2.75) is 30.7 Å². The first-order valence-electron chi connectivity index (χ1n) is 5.13. The monoisotopic (exact) mass is 263 g/mol. The van der Waals surface area contributed by atoms with Crippen molar-refractivity contribution < 1.29 is 4.79 Å². The molecule has 1 spiro atoms. The minimum Gasteiger partial charge on any atom is -0.211 e. The molecule has 0 heterocycles. The van der Waals surface area contributed by atoms with E-state index >= 15 is 0 Å². The maximum Gasteiger partial charge on any atom is 0.235 e. The zero-order valence-electron chi connectivity index (χ0n) is 8.16. The number of hydrogen-bond acceptors (Lipinski definition) is 2. The van der Waals surface area contributed by atoms with Crippen LogP contribution in [0.5, 0.6) is 0 Å². The fraction of sp³-hybridized carbons (Fsp3) is 0.417. The summed E-state index contributed by atoms with van der Waals surface area (Å²) >= 11 is 3.60. The number of hydrogen-bond donors (Lipinski definition) is 0. The summed E-state index contributed by atoms with van der Waals surface area (Å²) in [6, 6.07) is 6.50. The molecule has 0 amide bonds. The Labute approximate surface area is 96.5 Å². The summed E-state index contributed by atoms with van der Waals surface area (Å²) in [5.74, 6) is 0. The molecule has 3 heteroatoms. The second-order valence-electron chi connectivity index (χ2n) is 4.37. The van der Waals surface area contributed by atoms with Crippen LogP contribution in [0.25, 0.3) is 0 Å². The van der Waals surface area contributed by atoms with Gasteiger partial charge in [0.15, 0.2) is 0 Å². The van der Waals surface area contributed by atoms with Crippen LogP contribution >= 0.6 is 15.9 Å². The van der Waals surface area contributed by atoms with Gasteiger partial charge in [-0.3, -0.25) is 0 Å². The van der Waals surface area contributed by atoms with Gasteiger partial charge in [0.1, 0.15) is 0 Å². The van der Waals surface area contributed by atoms with Crippen molar-refractivity contribution >= 4 is 22.0 Å². The molecule has 0 aliphatic heterocycles. The van der Waals surface area contributed by atoms with E-state index in [1.54, 1.807) is 6.08 Å². The van der Waals surface area contributed by atoms with Crippen molar-refractivity contribution in [3.8, 4) is 0 Å². The van der Waals surface area contributed by atoms with Crippen molar-refractivity contribution in [3.63, 3.8) is 0 Å². The van der Waals surface area contributed by atoms with E-state index in [0.29, 0.717) is 0 Å². The molecule has 0 saturated heterocycles. The first-order chi connectivity index (χ1) is 7.28. The van der Waals surface area contributed by atoms with Crippen LogP contribution in [-0.4, -0.2) is 12.1 Å². The summed E-state index contributed by atoms with van der Waals surface area (Å²) in [4.78, 5) is 14.2. The maximum atomic E-state index is 10.3. The summed E-state index contributed by atoms with van der Waals surface area (Å²) in [6.45, 7) is 0. The molecule has 2 atom stereocenters. The van der Waals surface area contributed by atoms with Crippen molar-refractivity contribution in [1.29, 1.82) is 0 Å². The van der Waals surface area contributed by atoms with E-state index in [2.05, 4.69) is 39.1 Å². The lowest BCUT2D eigenvalue weighted by Gasteiger charge is -2.10. The highest BCUT2D eigenvalue weighted by Gasteiger charge is 2.59. The number of carbonyl (C=O) groups excluding carboxylic acids is 1. The third-order valence-corrected chi connectivity index (χ3v) is 4.34. The molecule has 0 aromatic heterocycles. The molecule has 2 aliphatic rings. The fourth-order valence-electron chi connectivity index (χ4n) is 2.87. The van der Waals surface area contributed by atoms with Crippen molar-refractivity contribution in [1.82, 2.24) is 0 Å². The molecule has 15 heavy (non-hydrogen) atoms. The van der Waals surface area contributed by atoms with E-state index < -0.39 is 0 Å². The Morgan fingerprint density at radius 1 is 1.53 bits per heavy atom. The van der Waals surface area contributed by atoms with Gasteiger partial charge in [-0.25, -0.2) is 9.79 Å². The SMILES string of the molecule is O=C=NC1CC12CCc1cccc(Br)c12. The molecule has 1 aromatic carbocycles. The van der Waals surface area contributed by atoms with Gasteiger partial charge in [0.05, 0.1) is 6.04 Å². The Morgan fingerprint density at radius 2 is 2.40 bits per heavy atom. The number of fused-ring (bicyclic) bond motifs is 2. The molecule has 3 rings (SSSR count). The summed E-state index contributed by atoms with van der Waals surface area (Å²) in [7, 11) is 0. The van der Waals surface area contributed by atoms with Gasteiger partial charge in [-0.15, -0.1) is 0 Å². The van der Waals surface area contributed by atoms with Gasteiger partial charge >= 0.3 is 0 Å². The Hall–Kier alpha value is -0.920. The maximum absolute atomic E-state index is 10.3. The van der Waals surface area contributed by atoms with Crippen molar-refractivity contribution in [2.75, 3.05) is 0 Å². The van der Waals surface area contributed by atoms with Crippen LogP contribution in [0.1, 0.15) is 24.0 Å². The van der Waals surface area contributed by atoms with Crippen LogP contribution < -0.4 is 0 Å². The molecule has 76 valence electrons. The smallest absolute Gasteiger partial charge is 0.211 e. The van der Waals surface area contributed by atoms with E-state index in [1.807, 2.05) is 0 Å². The Kier molecular flexibility index (Phi) is 1.88. The largest absolute Gasteiger partial charge is 0.235 e. The van der Waals surface area contributed by atoms with Gasteiger partial charge in [0, 0.05) is 9.89 Å². The molecular weight excluding hydrogens is 254 g/mol. The van der Waals surface area contributed by atoms with Gasteiger partial charge in [-0.2, -0.15) is 0 Å². The number of rotatable bonds is 1. The van der Waals surface area contributed by atoms with Crippen molar-refractivity contribution in [3.05, 3.63) is 33.8 Å². The van der Waals surface area contributed by atoms with E-state index in [9.17, 15) is 4.79 Å². The normalized spacial score (nSPS) is 31.1. The molecule has 0 N–H and O–H groups in total. The number of nitrogens with zero attached hydrogens (tertiary/aromatic N) is 1. The summed E-state index contributed by atoms with van der Waals surface area (Å²) < 4.78 is 1.17. The second kappa shape index (κ2) is 3.03. The van der Waals surface area contributed by atoms with Gasteiger partial charge in [-0.05, 0) is 36.5 Å². The summed E-state index contributed by atoms with van der Waals surface area (Å²) in [6.07, 6.45) is 4.94. The summed E-state index contributed by atoms with van der Waals surface area (Å²) in [5.41, 5.74) is 2.95. The summed E-state index contributed by atoms with van der Waals surface area (Å²) in [5, 5.41) is 0. The predicted octanol–water partition coefficient (Wildman–Crippen LogP) is 2.74. The lowest BCUT2D eigenvalue weighted by atomic mass is 9.98. The fourth-order valence-corrected chi connectivity index (χ4v) is 3.68. The van der Waals surface area contributed by atoms with Gasteiger partial charge in [-0.1, -0.05) is 28.1 Å². The van der Waals surface area contributed by atoms with Crippen LogP contribution in [-0.2, 0) is 16.6 Å². The Bertz CT molecular complexity index is 479. The number of benzene rings is 1. The van der Waals surface area contributed by atoms with E-state index in [4.69, 9.17) is 0 Å². The van der Waals surface area contributed by atoms with Crippen molar-refractivity contribution in [2.24, 2.45) is 4.99 Å². The van der Waals surface area contributed by atoms with Crippen LogP contribution in [0.4, 0.5) is 0 Å². The highest BCUT2D eigenvalue weighted by atomic mass is 79.9. The highest BCUT2D eigenvalue weighted by Crippen LogP contribution is 2.60. The molecule has 1 aromatic rings. The third kappa shape index (κ3) is 1.17. The molecule has 2 unspecified atom stereocenters. The molecular formula is C12H10BrNO. The number of aryl methyl sites for hydroxylation is 1. The first-order valence-corrected chi connectivity index (χ1v) is 5.92. The van der Waals surface area contributed by atoms with Crippen LogP contribution in [0.2, 0.25) is 0 Å². The molecule has 1 saturated carbocycles. The lowest BCUT2D eigenvalue weighted by molar-refractivity contribution is 0.559. The molecule has 2 aliphatic carbocycles. The standard InChI is InChI=1S/C12H10BrNO/c13-9-3-1-2-8-4-5-12(11(8)9)6-10(12)14-7-15/h1-3,10H,4-6H2. The Balaban J connectivity index is 2.10. The molecule has 0 bridgehead atoms. The van der Waals surface area contributed by atoms with E-state index in [-0.39, 0.29) is 11.5 Å². The van der Waals surface area contributed by atoms with E-state index in [1.165, 1.54) is 15.6 Å². The molecule has 1 fully saturated rings. The van der Waals surface area contributed by atoms with Crippen LogP contribution in [0.3, 0.4) is 0 Å². The van der Waals surface area contributed by atoms with Gasteiger partial charge in [0.25, 0.3) is 0 Å². The van der Waals surface area contributed by atoms with Crippen LogP contribution in [0, 0.1) is 0 Å². The average molecular weight is 264 g/mol.